The minimum atomic E-state index is -0.321. The third-order valence-corrected chi connectivity index (χ3v) is 5.50. The first-order valence-corrected chi connectivity index (χ1v) is 9.35. The van der Waals surface area contributed by atoms with Crippen molar-refractivity contribution in [3.8, 4) is 0 Å². The van der Waals surface area contributed by atoms with E-state index in [9.17, 15) is 9.59 Å². The zero-order valence-electron chi connectivity index (χ0n) is 15.1. The van der Waals surface area contributed by atoms with E-state index in [1.165, 1.54) is 0 Å². The second-order valence-corrected chi connectivity index (χ2v) is 7.92. The molecule has 2 aliphatic heterocycles. The molecule has 1 unspecified atom stereocenters. The standard InChI is InChI=1S/C19H26ClN3O2/c1-13(2)12-23-17(24)14(3)21-19(23)8-10-22(11-9-19)18(25)15-6-4-5-7-16(15)20/h4-7,13-14,21H,8-12H2,1-3H3. The van der Waals surface area contributed by atoms with Gasteiger partial charge in [-0.15, -0.1) is 0 Å². The van der Waals surface area contributed by atoms with Crippen LogP contribution >= 0.6 is 11.6 Å². The van der Waals surface area contributed by atoms with Crippen molar-refractivity contribution in [2.45, 2.75) is 45.3 Å². The Balaban J connectivity index is 1.73. The molecular weight excluding hydrogens is 338 g/mol. The van der Waals surface area contributed by atoms with Crippen molar-refractivity contribution in [1.29, 1.82) is 0 Å². The number of hydrogen-bond acceptors (Lipinski definition) is 3. The van der Waals surface area contributed by atoms with E-state index < -0.39 is 0 Å². The Labute approximate surface area is 154 Å². The average molecular weight is 364 g/mol. The first-order valence-electron chi connectivity index (χ1n) is 8.97. The highest BCUT2D eigenvalue weighted by atomic mass is 35.5. The van der Waals surface area contributed by atoms with E-state index in [-0.39, 0.29) is 23.5 Å². The lowest BCUT2D eigenvalue weighted by Crippen LogP contribution is -2.60. The van der Waals surface area contributed by atoms with Crippen LogP contribution in [0.3, 0.4) is 0 Å². The minimum Gasteiger partial charge on any atom is -0.338 e. The van der Waals surface area contributed by atoms with Crippen molar-refractivity contribution in [3.63, 3.8) is 0 Å². The van der Waals surface area contributed by atoms with E-state index in [2.05, 4.69) is 19.2 Å². The highest BCUT2D eigenvalue weighted by Gasteiger charge is 2.50. The van der Waals surface area contributed by atoms with Crippen molar-refractivity contribution < 1.29 is 9.59 Å². The van der Waals surface area contributed by atoms with Gasteiger partial charge < -0.3 is 9.80 Å². The second kappa shape index (κ2) is 6.96. The monoisotopic (exact) mass is 363 g/mol. The molecule has 0 bridgehead atoms. The van der Waals surface area contributed by atoms with Gasteiger partial charge in [-0.05, 0) is 25.0 Å². The maximum Gasteiger partial charge on any atom is 0.255 e. The molecule has 1 atom stereocenters. The molecule has 1 aromatic rings. The van der Waals surface area contributed by atoms with Crippen LogP contribution in [0.4, 0.5) is 0 Å². The number of amides is 2. The number of hydrogen-bond donors (Lipinski definition) is 1. The first-order chi connectivity index (χ1) is 11.8. The normalized spacial score (nSPS) is 22.9. The van der Waals surface area contributed by atoms with Crippen LogP contribution in [0.5, 0.6) is 0 Å². The Morgan fingerprint density at radius 1 is 1.32 bits per heavy atom. The summed E-state index contributed by atoms with van der Waals surface area (Å²) in [7, 11) is 0. The van der Waals surface area contributed by atoms with Gasteiger partial charge in [0.25, 0.3) is 5.91 Å². The molecule has 0 aliphatic carbocycles. The molecule has 1 aromatic carbocycles. The van der Waals surface area contributed by atoms with E-state index in [0.29, 0.717) is 29.6 Å². The molecule has 0 aromatic heterocycles. The van der Waals surface area contributed by atoms with Crippen LogP contribution in [0.25, 0.3) is 0 Å². The van der Waals surface area contributed by atoms with Crippen LogP contribution in [0.15, 0.2) is 24.3 Å². The summed E-state index contributed by atoms with van der Waals surface area (Å²) in [5, 5.41) is 3.98. The van der Waals surface area contributed by atoms with Crippen LogP contribution in [-0.2, 0) is 4.79 Å². The zero-order chi connectivity index (χ0) is 18.2. The van der Waals surface area contributed by atoms with Crippen LogP contribution in [0.1, 0.15) is 44.0 Å². The summed E-state index contributed by atoms with van der Waals surface area (Å²) in [5.74, 6) is 0.545. The van der Waals surface area contributed by atoms with E-state index in [0.717, 1.165) is 19.4 Å². The zero-order valence-corrected chi connectivity index (χ0v) is 15.8. The number of carbonyl (C=O) groups excluding carboxylic acids is 2. The van der Waals surface area contributed by atoms with Gasteiger partial charge in [-0.2, -0.15) is 0 Å². The maximum absolute atomic E-state index is 12.8. The molecule has 0 saturated carbocycles. The van der Waals surface area contributed by atoms with E-state index in [1.54, 1.807) is 12.1 Å². The second-order valence-electron chi connectivity index (χ2n) is 7.51. The summed E-state index contributed by atoms with van der Waals surface area (Å²) < 4.78 is 0. The number of nitrogens with one attached hydrogen (secondary N) is 1. The molecule has 1 N–H and O–H groups in total. The van der Waals surface area contributed by atoms with E-state index >= 15 is 0 Å². The molecule has 2 aliphatic rings. The summed E-state index contributed by atoms with van der Waals surface area (Å²) in [4.78, 5) is 29.2. The predicted octanol–water partition coefficient (Wildman–Crippen LogP) is 2.75. The summed E-state index contributed by atoms with van der Waals surface area (Å²) in [6.45, 7) is 8.15. The maximum atomic E-state index is 12.8. The van der Waals surface area contributed by atoms with Crippen molar-refractivity contribution in [2.75, 3.05) is 19.6 Å². The molecular formula is C19H26ClN3O2. The van der Waals surface area contributed by atoms with Gasteiger partial charge in [0.15, 0.2) is 0 Å². The predicted molar refractivity (Wildman–Crippen MR) is 98.5 cm³/mol. The molecule has 5 nitrogen and oxygen atoms in total. The quantitative estimate of drug-likeness (QED) is 0.898. The Hall–Kier alpha value is -1.59. The molecule has 2 heterocycles. The van der Waals surface area contributed by atoms with E-state index in [1.807, 2.05) is 28.9 Å². The molecule has 6 heteroatoms. The topological polar surface area (TPSA) is 52.7 Å². The van der Waals surface area contributed by atoms with Crippen LogP contribution in [-0.4, -0.2) is 53.0 Å². The summed E-state index contributed by atoms with van der Waals surface area (Å²) in [6, 6.07) is 6.99. The fourth-order valence-corrected chi connectivity index (χ4v) is 4.13. The fraction of sp³-hybridized carbons (Fsp3) is 0.579. The van der Waals surface area contributed by atoms with Gasteiger partial charge in [-0.3, -0.25) is 14.9 Å². The number of benzene rings is 1. The van der Waals surface area contributed by atoms with Gasteiger partial charge in [-0.25, -0.2) is 0 Å². The summed E-state index contributed by atoms with van der Waals surface area (Å²) in [5.41, 5.74) is 0.223. The van der Waals surface area contributed by atoms with Crippen molar-refractivity contribution in [3.05, 3.63) is 34.9 Å². The third-order valence-electron chi connectivity index (χ3n) is 5.17. The van der Waals surface area contributed by atoms with Gasteiger partial charge in [0.1, 0.15) is 0 Å². The number of halogens is 1. The average Bonchev–Trinajstić information content (AvgIpc) is 2.79. The number of likely N-dealkylation sites (tertiary alicyclic amines) is 1. The fourth-order valence-electron chi connectivity index (χ4n) is 3.92. The Morgan fingerprint density at radius 2 is 1.96 bits per heavy atom. The van der Waals surface area contributed by atoms with Crippen molar-refractivity contribution in [1.82, 2.24) is 15.1 Å². The van der Waals surface area contributed by atoms with Gasteiger partial charge >= 0.3 is 0 Å². The van der Waals surface area contributed by atoms with Crippen molar-refractivity contribution in [2.24, 2.45) is 5.92 Å². The van der Waals surface area contributed by atoms with Crippen LogP contribution in [0.2, 0.25) is 5.02 Å². The smallest absolute Gasteiger partial charge is 0.255 e. The molecule has 25 heavy (non-hydrogen) atoms. The lowest BCUT2D eigenvalue weighted by atomic mass is 9.94. The summed E-state index contributed by atoms with van der Waals surface area (Å²) in [6.07, 6.45) is 1.48. The van der Waals surface area contributed by atoms with Gasteiger partial charge in [0.05, 0.1) is 22.3 Å². The third kappa shape index (κ3) is 3.40. The number of piperidine rings is 1. The molecule has 2 saturated heterocycles. The molecule has 3 rings (SSSR count). The minimum absolute atomic E-state index is 0.0340. The number of rotatable bonds is 3. The molecule has 0 radical (unpaired) electrons. The molecule has 2 fully saturated rings. The largest absolute Gasteiger partial charge is 0.338 e. The highest BCUT2D eigenvalue weighted by Crippen LogP contribution is 2.33. The van der Waals surface area contributed by atoms with Crippen molar-refractivity contribution >= 4 is 23.4 Å². The SMILES string of the molecule is CC(C)CN1C(=O)C(C)NC12CCN(C(=O)c1ccccc1Cl)CC2. The first kappa shape index (κ1) is 18.2. The number of carbonyl (C=O) groups is 2. The Morgan fingerprint density at radius 3 is 2.56 bits per heavy atom. The molecule has 2 amide bonds. The highest BCUT2D eigenvalue weighted by molar-refractivity contribution is 6.33. The Kier molecular flexibility index (Phi) is 5.07. The summed E-state index contributed by atoms with van der Waals surface area (Å²) >= 11 is 6.16. The Bertz CT molecular complexity index is 668. The van der Waals surface area contributed by atoms with Gasteiger partial charge in [0, 0.05) is 32.5 Å². The lowest BCUT2D eigenvalue weighted by Gasteiger charge is -2.45. The van der Waals surface area contributed by atoms with Crippen LogP contribution in [0, 0.1) is 5.92 Å². The number of nitrogens with zero attached hydrogens (tertiary/aromatic N) is 2. The van der Waals surface area contributed by atoms with Gasteiger partial charge in [-0.1, -0.05) is 37.6 Å². The van der Waals surface area contributed by atoms with Crippen LogP contribution < -0.4 is 5.32 Å². The van der Waals surface area contributed by atoms with E-state index in [4.69, 9.17) is 11.6 Å². The molecule has 1 spiro atoms. The lowest BCUT2D eigenvalue weighted by molar-refractivity contribution is -0.133. The molecule has 136 valence electrons. The van der Waals surface area contributed by atoms with Gasteiger partial charge in [0.2, 0.25) is 5.91 Å².